The largest absolute Gasteiger partial charge is 0.493 e. The Morgan fingerprint density at radius 1 is 1.50 bits per heavy atom. The van der Waals surface area contributed by atoms with Gasteiger partial charge in [-0.05, 0) is 26.0 Å². The molecule has 5 heteroatoms. The second-order valence-electron chi connectivity index (χ2n) is 3.16. The molecule has 0 aliphatic rings. The van der Waals surface area contributed by atoms with Gasteiger partial charge < -0.3 is 4.74 Å². The van der Waals surface area contributed by atoms with E-state index in [1.54, 1.807) is 6.92 Å². The summed E-state index contributed by atoms with van der Waals surface area (Å²) in [5, 5.41) is -0.122. The fourth-order valence-corrected chi connectivity index (χ4v) is 1.53. The molecule has 1 rings (SSSR count). The minimum absolute atomic E-state index is 0.122. The molecule has 0 heterocycles. The summed E-state index contributed by atoms with van der Waals surface area (Å²) in [6.07, 6.45) is -2.69. The SMILES string of the molecule is CCOc1cc(C(F)F)c(Cl)cc1C(C)=O. The number of hydrogen-bond acceptors (Lipinski definition) is 2. The Morgan fingerprint density at radius 3 is 2.56 bits per heavy atom. The van der Waals surface area contributed by atoms with Crippen molar-refractivity contribution in [2.45, 2.75) is 20.3 Å². The lowest BCUT2D eigenvalue weighted by molar-refractivity contribution is 0.101. The number of carbonyl (C=O) groups is 1. The molecule has 16 heavy (non-hydrogen) atoms. The third-order valence-corrected chi connectivity index (χ3v) is 2.34. The number of rotatable bonds is 4. The molecule has 0 fully saturated rings. The van der Waals surface area contributed by atoms with Gasteiger partial charge >= 0.3 is 0 Å². The summed E-state index contributed by atoms with van der Waals surface area (Å²) >= 11 is 5.65. The molecule has 0 N–H and O–H groups in total. The van der Waals surface area contributed by atoms with E-state index in [2.05, 4.69) is 0 Å². The van der Waals surface area contributed by atoms with Crippen molar-refractivity contribution in [1.29, 1.82) is 0 Å². The Bertz CT molecular complexity index is 405. The van der Waals surface area contributed by atoms with E-state index in [1.807, 2.05) is 0 Å². The fraction of sp³-hybridized carbons (Fsp3) is 0.364. The van der Waals surface area contributed by atoms with Crippen LogP contribution in [0.3, 0.4) is 0 Å². The van der Waals surface area contributed by atoms with E-state index in [9.17, 15) is 13.6 Å². The number of hydrogen-bond donors (Lipinski definition) is 0. The standard InChI is InChI=1S/C11H11ClF2O2/c1-3-16-10-5-8(11(13)14)9(12)4-7(10)6(2)15/h4-5,11H,3H2,1-2H3. The van der Waals surface area contributed by atoms with Crippen LogP contribution in [0.25, 0.3) is 0 Å². The van der Waals surface area contributed by atoms with Crippen molar-refractivity contribution in [1.82, 2.24) is 0 Å². The predicted octanol–water partition coefficient (Wildman–Crippen LogP) is 3.88. The van der Waals surface area contributed by atoms with Crippen molar-refractivity contribution in [3.8, 4) is 5.75 Å². The van der Waals surface area contributed by atoms with E-state index in [0.717, 1.165) is 6.07 Å². The van der Waals surface area contributed by atoms with Crippen LogP contribution in [0.15, 0.2) is 12.1 Å². The Hall–Kier alpha value is -1.16. The van der Waals surface area contributed by atoms with Gasteiger partial charge in [0.25, 0.3) is 6.43 Å². The van der Waals surface area contributed by atoms with Crippen LogP contribution >= 0.6 is 11.6 Å². The molecule has 0 aliphatic carbocycles. The van der Waals surface area contributed by atoms with Crippen LogP contribution in [0.4, 0.5) is 8.78 Å². The summed E-state index contributed by atoms with van der Waals surface area (Å²) in [4.78, 5) is 11.2. The second kappa shape index (κ2) is 5.25. The van der Waals surface area contributed by atoms with E-state index in [-0.39, 0.29) is 27.7 Å². The maximum absolute atomic E-state index is 12.6. The van der Waals surface area contributed by atoms with Crippen LogP contribution in [0.2, 0.25) is 5.02 Å². The smallest absolute Gasteiger partial charge is 0.265 e. The normalized spacial score (nSPS) is 10.6. The number of ketones is 1. The highest BCUT2D eigenvalue weighted by Crippen LogP contribution is 2.33. The van der Waals surface area contributed by atoms with Crippen molar-refractivity contribution in [2.75, 3.05) is 6.61 Å². The molecule has 0 bridgehead atoms. The maximum Gasteiger partial charge on any atom is 0.265 e. The molecule has 1 aromatic carbocycles. The molecule has 0 amide bonds. The van der Waals surface area contributed by atoms with E-state index >= 15 is 0 Å². The lowest BCUT2D eigenvalue weighted by Gasteiger charge is -2.11. The van der Waals surface area contributed by atoms with Crippen LogP contribution in [0, 0.1) is 0 Å². The Balaban J connectivity index is 3.31. The highest BCUT2D eigenvalue weighted by Gasteiger charge is 2.18. The number of benzene rings is 1. The molecular formula is C11H11ClF2O2. The highest BCUT2D eigenvalue weighted by atomic mass is 35.5. The van der Waals surface area contributed by atoms with Gasteiger partial charge in [0.05, 0.1) is 17.2 Å². The average molecular weight is 249 g/mol. The quantitative estimate of drug-likeness (QED) is 0.756. The molecular weight excluding hydrogens is 238 g/mol. The molecule has 0 saturated heterocycles. The van der Waals surface area contributed by atoms with E-state index in [1.165, 1.54) is 13.0 Å². The average Bonchev–Trinajstić information content (AvgIpc) is 2.19. The molecule has 88 valence electrons. The first-order valence-corrected chi connectivity index (χ1v) is 5.10. The van der Waals surface area contributed by atoms with Crippen LogP contribution < -0.4 is 4.74 Å². The summed E-state index contributed by atoms with van der Waals surface area (Å²) in [5.74, 6) is -0.124. The van der Waals surface area contributed by atoms with Crippen molar-refractivity contribution in [3.63, 3.8) is 0 Å². The zero-order valence-corrected chi connectivity index (χ0v) is 9.65. The van der Waals surface area contributed by atoms with Crippen LogP contribution in [-0.4, -0.2) is 12.4 Å². The topological polar surface area (TPSA) is 26.3 Å². The molecule has 2 nitrogen and oxygen atoms in total. The van der Waals surface area contributed by atoms with Gasteiger partial charge in [-0.3, -0.25) is 4.79 Å². The van der Waals surface area contributed by atoms with Crippen molar-refractivity contribution in [2.24, 2.45) is 0 Å². The van der Waals surface area contributed by atoms with Gasteiger partial charge in [-0.2, -0.15) is 0 Å². The summed E-state index contributed by atoms with van der Waals surface area (Å²) in [7, 11) is 0. The van der Waals surface area contributed by atoms with Crippen molar-refractivity contribution < 1.29 is 18.3 Å². The summed E-state index contributed by atoms with van der Waals surface area (Å²) < 4.78 is 30.2. The highest BCUT2D eigenvalue weighted by molar-refractivity contribution is 6.31. The summed E-state index contributed by atoms with van der Waals surface area (Å²) in [6.45, 7) is 3.33. The first-order valence-electron chi connectivity index (χ1n) is 4.72. The molecule has 1 aromatic rings. The molecule has 0 aliphatic heterocycles. The molecule has 0 aromatic heterocycles. The van der Waals surface area contributed by atoms with Gasteiger partial charge in [-0.15, -0.1) is 0 Å². The third-order valence-electron chi connectivity index (χ3n) is 2.01. The van der Waals surface area contributed by atoms with Gasteiger partial charge in [-0.25, -0.2) is 8.78 Å². The predicted molar refractivity (Wildman–Crippen MR) is 57.6 cm³/mol. The van der Waals surface area contributed by atoms with Gasteiger partial charge in [0.2, 0.25) is 0 Å². The van der Waals surface area contributed by atoms with Crippen LogP contribution in [-0.2, 0) is 0 Å². The Labute approximate surface area is 97.2 Å². The molecule has 0 radical (unpaired) electrons. The zero-order valence-electron chi connectivity index (χ0n) is 8.89. The lowest BCUT2D eigenvalue weighted by Crippen LogP contribution is -2.02. The lowest BCUT2D eigenvalue weighted by atomic mass is 10.1. The molecule has 0 spiro atoms. The minimum atomic E-state index is -2.69. The van der Waals surface area contributed by atoms with Gasteiger partial charge in [0, 0.05) is 5.56 Å². The van der Waals surface area contributed by atoms with Crippen LogP contribution in [0.5, 0.6) is 5.75 Å². The second-order valence-corrected chi connectivity index (χ2v) is 3.57. The first-order chi connectivity index (χ1) is 7.47. The van der Waals surface area contributed by atoms with E-state index in [4.69, 9.17) is 16.3 Å². The number of ether oxygens (including phenoxy) is 1. The van der Waals surface area contributed by atoms with E-state index < -0.39 is 6.43 Å². The monoisotopic (exact) mass is 248 g/mol. The Kier molecular flexibility index (Phi) is 4.24. The van der Waals surface area contributed by atoms with Gasteiger partial charge in [0.15, 0.2) is 5.78 Å². The van der Waals surface area contributed by atoms with E-state index in [0.29, 0.717) is 6.61 Å². The van der Waals surface area contributed by atoms with Gasteiger partial charge in [0.1, 0.15) is 5.75 Å². The number of carbonyl (C=O) groups excluding carboxylic acids is 1. The molecule has 0 saturated carbocycles. The zero-order chi connectivity index (χ0) is 12.3. The number of alkyl halides is 2. The molecule has 0 atom stereocenters. The van der Waals surface area contributed by atoms with Gasteiger partial charge in [-0.1, -0.05) is 11.6 Å². The fourth-order valence-electron chi connectivity index (χ4n) is 1.29. The molecule has 0 unspecified atom stereocenters. The number of Topliss-reactive ketones (excluding diaryl/α,β-unsaturated/α-hetero) is 1. The van der Waals surface area contributed by atoms with Crippen molar-refractivity contribution >= 4 is 17.4 Å². The number of halogens is 3. The maximum atomic E-state index is 12.6. The first kappa shape index (κ1) is 12.9. The van der Waals surface area contributed by atoms with Crippen molar-refractivity contribution in [3.05, 3.63) is 28.3 Å². The third kappa shape index (κ3) is 2.70. The Morgan fingerprint density at radius 2 is 2.12 bits per heavy atom. The minimum Gasteiger partial charge on any atom is -0.493 e. The van der Waals surface area contributed by atoms with Crippen LogP contribution in [0.1, 0.15) is 36.2 Å². The summed E-state index contributed by atoms with van der Waals surface area (Å²) in [5.41, 5.74) is -0.105. The summed E-state index contributed by atoms with van der Waals surface area (Å²) in [6, 6.07) is 2.34.